The number of thioether (sulfide) groups is 1. The maximum absolute atomic E-state index is 9.61. The lowest BCUT2D eigenvalue weighted by Gasteiger charge is -2.38. The monoisotopic (exact) mass is 157 g/mol. The minimum Gasteiger partial charge on any atom is -0.382 e. The van der Waals surface area contributed by atoms with E-state index < -0.39 is 5.60 Å². The van der Waals surface area contributed by atoms with E-state index >= 15 is 0 Å². The zero-order chi connectivity index (χ0) is 7.03. The van der Waals surface area contributed by atoms with E-state index in [0.29, 0.717) is 13.2 Å². The van der Waals surface area contributed by atoms with E-state index in [1.807, 2.05) is 0 Å². The number of aliphatic hydroxyl groups is 1. The molecule has 0 aromatic rings. The van der Waals surface area contributed by atoms with Gasteiger partial charge in [-0.2, -0.15) is 0 Å². The molecule has 4 heteroatoms. The summed E-state index contributed by atoms with van der Waals surface area (Å²) in [5.74, 6) is 2.69. The highest BCUT2D eigenvalue weighted by Gasteiger charge is 2.44. The van der Waals surface area contributed by atoms with Gasteiger partial charge in [-0.15, -0.1) is 0 Å². The molecule has 1 unspecified atom stereocenters. The van der Waals surface area contributed by atoms with Gasteiger partial charge < -0.3 is 9.84 Å². The van der Waals surface area contributed by atoms with Crippen LogP contribution in [0.1, 0.15) is 0 Å². The Morgan fingerprint density at radius 1 is 1.80 bits per heavy atom. The van der Waals surface area contributed by atoms with E-state index in [9.17, 15) is 5.11 Å². The normalized spacial score (nSPS) is 34.3. The van der Waals surface area contributed by atoms with Crippen molar-refractivity contribution in [2.24, 2.45) is 4.99 Å². The third kappa shape index (κ3) is 0.812. The van der Waals surface area contributed by atoms with Gasteiger partial charge >= 0.3 is 0 Å². The van der Waals surface area contributed by atoms with Crippen molar-refractivity contribution >= 4 is 17.6 Å². The van der Waals surface area contributed by atoms with Crippen LogP contribution < -0.4 is 0 Å². The maximum atomic E-state index is 9.61. The second-order valence-corrected chi connectivity index (χ2v) is 3.42. The Balaban J connectivity index is 2.05. The average molecular weight is 157 g/mol. The lowest BCUT2D eigenvalue weighted by atomic mass is 10.0. The average Bonchev–Trinajstić information content (AvgIpc) is 2.33. The number of hydrogen-bond donors (Lipinski definition) is 1. The molecule has 2 aliphatic rings. The molecule has 0 aromatic carbocycles. The molecule has 0 bridgehead atoms. The topological polar surface area (TPSA) is 41.8 Å². The van der Waals surface area contributed by atoms with E-state index in [1.54, 1.807) is 5.41 Å². The van der Waals surface area contributed by atoms with Gasteiger partial charge in [0.25, 0.3) is 0 Å². The van der Waals surface area contributed by atoms with E-state index in [0.717, 1.165) is 0 Å². The van der Waals surface area contributed by atoms with Crippen LogP contribution in [0.3, 0.4) is 0 Å². The lowest BCUT2D eigenvalue weighted by molar-refractivity contribution is -0.176. The first-order chi connectivity index (χ1) is 4.81. The maximum Gasteiger partial charge on any atom is 0.144 e. The van der Waals surface area contributed by atoms with Crippen LogP contribution in [-0.2, 0) is 4.74 Å². The van der Waals surface area contributed by atoms with Crippen LogP contribution >= 0.6 is 11.8 Å². The summed E-state index contributed by atoms with van der Waals surface area (Å²) in [6.07, 6.45) is 0. The molecular formula is C6H7NO2S. The second kappa shape index (κ2) is 2.10. The number of aliphatic imine (C=N–C) groups is 1. The van der Waals surface area contributed by atoms with Crippen molar-refractivity contribution in [2.45, 2.75) is 11.0 Å². The zero-order valence-corrected chi connectivity index (χ0v) is 6.10. The van der Waals surface area contributed by atoms with Crippen molar-refractivity contribution in [3.05, 3.63) is 5.41 Å². The molecular weight excluding hydrogens is 150 g/mol. The number of rotatable bonds is 1. The van der Waals surface area contributed by atoms with Crippen LogP contribution in [0.2, 0.25) is 0 Å². The van der Waals surface area contributed by atoms with Crippen LogP contribution in [0.15, 0.2) is 10.4 Å². The first-order valence-corrected chi connectivity index (χ1v) is 3.98. The molecule has 54 valence electrons. The highest BCUT2D eigenvalue weighted by atomic mass is 32.2. The molecule has 2 rings (SSSR count). The van der Waals surface area contributed by atoms with E-state index in [2.05, 4.69) is 10.9 Å². The van der Waals surface area contributed by atoms with Crippen molar-refractivity contribution in [2.75, 3.05) is 13.2 Å². The third-order valence-corrected chi connectivity index (χ3v) is 2.65. The van der Waals surface area contributed by atoms with E-state index in [-0.39, 0.29) is 5.37 Å². The van der Waals surface area contributed by atoms with Crippen LogP contribution in [0.5, 0.6) is 0 Å². The number of hydrogen-bond acceptors (Lipinski definition) is 4. The second-order valence-electron chi connectivity index (χ2n) is 2.46. The Kier molecular flexibility index (Phi) is 1.35. The summed E-state index contributed by atoms with van der Waals surface area (Å²) in [6, 6.07) is 0. The fraction of sp³-hybridized carbons (Fsp3) is 0.667. The molecule has 0 spiro atoms. The van der Waals surface area contributed by atoms with Gasteiger partial charge in [0, 0.05) is 5.41 Å². The molecule has 10 heavy (non-hydrogen) atoms. The Labute approximate surface area is 62.8 Å². The summed E-state index contributed by atoms with van der Waals surface area (Å²) in [7, 11) is 0. The molecule has 0 aliphatic carbocycles. The molecule has 0 amide bonds. The SMILES string of the molecule is OC1(C2N=C=CS2)COC1. The van der Waals surface area contributed by atoms with Gasteiger partial charge in [-0.3, -0.25) is 0 Å². The van der Waals surface area contributed by atoms with Gasteiger partial charge in [-0.1, -0.05) is 11.8 Å². The summed E-state index contributed by atoms with van der Waals surface area (Å²) in [6.45, 7) is 0.813. The Morgan fingerprint density at radius 3 is 3.00 bits per heavy atom. The van der Waals surface area contributed by atoms with E-state index in [1.165, 1.54) is 11.8 Å². The van der Waals surface area contributed by atoms with Gasteiger partial charge in [0.1, 0.15) is 11.0 Å². The highest BCUT2D eigenvalue weighted by molar-refractivity contribution is 8.03. The lowest BCUT2D eigenvalue weighted by Crippen LogP contribution is -2.55. The largest absolute Gasteiger partial charge is 0.382 e. The van der Waals surface area contributed by atoms with Crippen LogP contribution in [0, 0.1) is 0 Å². The Bertz CT molecular complexity index is 206. The summed E-state index contributed by atoms with van der Waals surface area (Å²) >= 11 is 1.49. The molecule has 1 saturated heterocycles. The van der Waals surface area contributed by atoms with Gasteiger partial charge in [-0.25, -0.2) is 4.99 Å². The van der Waals surface area contributed by atoms with Gasteiger partial charge in [0.2, 0.25) is 0 Å². The summed E-state index contributed by atoms with van der Waals surface area (Å²) in [5.41, 5.74) is -0.718. The van der Waals surface area contributed by atoms with Crippen molar-refractivity contribution in [1.29, 1.82) is 0 Å². The first-order valence-electron chi connectivity index (χ1n) is 3.04. The molecule has 1 atom stereocenters. The smallest absolute Gasteiger partial charge is 0.144 e. The van der Waals surface area contributed by atoms with Crippen molar-refractivity contribution in [3.63, 3.8) is 0 Å². The van der Waals surface area contributed by atoms with Crippen LogP contribution in [-0.4, -0.2) is 35.2 Å². The molecule has 2 aliphatic heterocycles. The van der Waals surface area contributed by atoms with Gasteiger partial charge in [0.05, 0.1) is 13.2 Å². The molecule has 0 radical (unpaired) electrons. The number of nitrogens with zero attached hydrogens (tertiary/aromatic N) is 1. The Morgan fingerprint density at radius 2 is 2.60 bits per heavy atom. The number of ether oxygens (including phenoxy) is 1. The van der Waals surface area contributed by atoms with Crippen LogP contribution in [0.4, 0.5) is 0 Å². The quantitative estimate of drug-likeness (QED) is 0.582. The van der Waals surface area contributed by atoms with Crippen LogP contribution in [0.25, 0.3) is 0 Å². The first kappa shape index (κ1) is 6.43. The standard InChI is InChI=1S/C6H7NO2S/c8-6(3-9-4-6)5-7-1-2-10-5/h2,5,8H,3-4H2. The minimum absolute atomic E-state index is 0.0822. The molecule has 1 N–H and O–H groups in total. The fourth-order valence-electron chi connectivity index (χ4n) is 0.924. The van der Waals surface area contributed by atoms with Gasteiger partial charge in [0.15, 0.2) is 0 Å². The summed E-state index contributed by atoms with van der Waals surface area (Å²) < 4.78 is 4.89. The Hall–Kier alpha value is -0.280. The molecule has 3 nitrogen and oxygen atoms in total. The van der Waals surface area contributed by atoms with E-state index in [4.69, 9.17) is 4.74 Å². The molecule has 0 aromatic heterocycles. The van der Waals surface area contributed by atoms with Crippen molar-refractivity contribution in [1.82, 2.24) is 0 Å². The molecule has 0 saturated carbocycles. The highest BCUT2D eigenvalue weighted by Crippen LogP contribution is 2.32. The summed E-state index contributed by atoms with van der Waals surface area (Å²) in [5, 5.41) is 11.3. The molecule has 1 fully saturated rings. The molecule has 2 heterocycles. The summed E-state index contributed by atoms with van der Waals surface area (Å²) in [4.78, 5) is 3.96. The van der Waals surface area contributed by atoms with Gasteiger partial charge in [-0.05, 0) is 5.87 Å². The fourth-order valence-corrected chi connectivity index (χ4v) is 1.69. The predicted molar refractivity (Wildman–Crippen MR) is 39.2 cm³/mol. The van der Waals surface area contributed by atoms with Crippen molar-refractivity contribution < 1.29 is 9.84 Å². The third-order valence-electron chi connectivity index (χ3n) is 1.61. The zero-order valence-electron chi connectivity index (χ0n) is 5.28. The van der Waals surface area contributed by atoms with Crippen molar-refractivity contribution in [3.8, 4) is 0 Å². The minimum atomic E-state index is -0.718. The predicted octanol–water partition coefficient (Wildman–Crippen LogP) is 0.00400.